The van der Waals surface area contributed by atoms with Crippen molar-refractivity contribution in [2.24, 2.45) is 0 Å². The van der Waals surface area contributed by atoms with E-state index in [1.807, 2.05) is 56.1 Å². The Balaban J connectivity index is 2.60. The molecule has 0 aliphatic rings. The normalized spacial score (nSPS) is 11.4. The molecule has 2 nitrogen and oxygen atoms in total. The first-order valence-electron chi connectivity index (χ1n) is 6.87. The molecule has 1 rings (SSSR count). The number of unbranched alkanes of at least 4 members (excludes halogenated alkanes) is 2. The van der Waals surface area contributed by atoms with Gasteiger partial charge in [-0.05, 0) is 32.3 Å². The second-order valence-corrected chi connectivity index (χ2v) is 6.26. The Hall–Kier alpha value is -0.830. The van der Waals surface area contributed by atoms with E-state index >= 15 is 0 Å². The van der Waals surface area contributed by atoms with E-state index in [4.69, 9.17) is 0 Å². The van der Waals surface area contributed by atoms with Crippen LogP contribution < -0.4 is 0 Å². The number of halogens is 1. The molecular formula is C16H24BrNO. The monoisotopic (exact) mass is 325 g/mol. The zero-order valence-corrected chi connectivity index (χ0v) is 13.7. The molecule has 1 amide bonds. The van der Waals surface area contributed by atoms with Crippen LogP contribution in [0.3, 0.4) is 0 Å². The summed E-state index contributed by atoms with van der Waals surface area (Å²) >= 11 is 3.43. The van der Waals surface area contributed by atoms with E-state index in [9.17, 15) is 4.79 Å². The highest BCUT2D eigenvalue weighted by molar-refractivity contribution is 9.09. The molecule has 0 unspecified atom stereocenters. The maximum absolute atomic E-state index is 12.5. The first-order chi connectivity index (χ1) is 9.00. The number of amides is 1. The van der Waals surface area contributed by atoms with E-state index in [2.05, 4.69) is 15.9 Å². The number of hydrogen-bond acceptors (Lipinski definition) is 1. The summed E-state index contributed by atoms with van der Waals surface area (Å²) in [5, 5.41) is 1.04. The fourth-order valence-electron chi connectivity index (χ4n) is 2.18. The van der Waals surface area contributed by atoms with Gasteiger partial charge < -0.3 is 4.90 Å². The number of rotatable bonds is 7. The predicted molar refractivity (Wildman–Crippen MR) is 84.8 cm³/mol. The average molecular weight is 326 g/mol. The number of nitrogens with zero attached hydrogens (tertiary/aromatic N) is 1. The minimum Gasteiger partial charge on any atom is -0.345 e. The molecule has 19 heavy (non-hydrogen) atoms. The maximum atomic E-state index is 12.5. The first-order valence-corrected chi connectivity index (χ1v) is 7.99. The van der Waals surface area contributed by atoms with Crippen molar-refractivity contribution < 1.29 is 4.79 Å². The lowest BCUT2D eigenvalue weighted by molar-refractivity contribution is -0.135. The summed E-state index contributed by atoms with van der Waals surface area (Å²) in [5.41, 5.74) is 0.623. The molecule has 0 heterocycles. The Bertz CT molecular complexity index is 389. The summed E-state index contributed by atoms with van der Waals surface area (Å²) in [4.78, 5) is 14.4. The molecule has 0 fully saturated rings. The van der Waals surface area contributed by atoms with Gasteiger partial charge in [-0.3, -0.25) is 4.79 Å². The van der Waals surface area contributed by atoms with Crippen LogP contribution in [0.25, 0.3) is 0 Å². The fourth-order valence-corrected chi connectivity index (χ4v) is 2.57. The number of carbonyl (C=O) groups excluding carboxylic acids is 1. The highest BCUT2D eigenvalue weighted by Crippen LogP contribution is 2.25. The van der Waals surface area contributed by atoms with Gasteiger partial charge in [0.15, 0.2) is 0 Å². The Kier molecular flexibility index (Phi) is 6.56. The molecule has 0 spiro atoms. The molecule has 0 saturated heterocycles. The van der Waals surface area contributed by atoms with Crippen LogP contribution in [-0.2, 0) is 10.2 Å². The van der Waals surface area contributed by atoms with Crippen LogP contribution in [0.5, 0.6) is 0 Å². The second-order valence-electron chi connectivity index (χ2n) is 5.47. The number of carbonyl (C=O) groups is 1. The van der Waals surface area contributed by atoms with Crippen LogP contribution in [0.2, 0.25) is 0 Å². The van der Waals surface area contributed by atoms with E-state index in [-0.39, 0.29) is 5.91 Å². The number of likely N-dealkylation sites (N-methyl/N-ethyl adjacent to an activating group) is 1. The summed E-state index contributed by atoms with van der Waals surface area (Å²) in [7, 11) is 1.90. The second kappa shape index (κ2) is 7.68. The Labute approximate surface area is 125 Å². The lowest BCUT2D eigenvalue weighted by atomic mass is 9.83. The van der Waals surface area contributed by atoms with Crippen molar-refractivity contribution in [1.29, 1.82) is 0 Å². The van der Waals surface area contributed by atoms with Crippen LogP contribution in [-0.4, -0.2) is 29.7 Å². The van der Waals surface area contributed by atoms with Crippen molar-refractivity contribution >= 4 is 21.8 Å². The van der Waals surface area contributed by atoms with Gasteiger partial charge in [-0.1, -0.05) is 52.7 Å². The largest absolute Gasteiger partial charge is 0.345 e. The highest BCUT2D eigenvalue weighted by Gasteiger charge is 2.31. The number of benzene rings is 1. The lowest BCUT2D eigenvalue weighted by Gasteiger charge is -2.30. The van der Waals surface area contributed by atoms with Gasteiger partial charge in [-0.25, -0.2) is 0 Å². The fraction of sp³-hybridized carbons (Fsp3) is 0.562. The smallest absolute Gasteiger partial charge is 0.232 e. The maximum Gasteiger partial charge on any atom is 0.232 e. The van der Waals surface area contributed by atoms with Crippen LogP contribution in [0, 0.1) is 0 Å². The van der Waals surface area contributed by atoms with Crippen LogP contribution in [0.4, 0.5) is 0 Å². The van der Waals surface area contributed by atoms with E-state index in [1.54, 1.807) is 0 Å². The summed E-state index contributed by atoms with van der Waals surface area (Å²) in [6.07, 6.45) is 3.40. The molecule has 0 N–H and O–H groups in total. The SMILES string of the molecule is CN(CCCCCBr)C(=O)C(C)(C)c1ccccc1. The third-order valence-corrected chi connectivity index (χ3v) is 4.06. The van der Waals surface area contributed by atoms with Gasteiger partial charge in [-0.2, -0.15) is 0 Å². The van der Waals surface area contributed by atoms with Crippen molar-refractivity contribution in [2.45, 2.75) is 38.5 Å². The van der Waals surface area contributed by atoms with Crippen LogP contribution in [0.15, 0.2) is 30.3 Å². The third-order valence-electron chi connectivity index (χ3n) is 3.50. The van der Waals surface area contributed by atoms with Gasteiger partial charge in [0.2, 0.25) is 5.91 Å². The minimum absolute atomic E-state index is 0.192. The van der Waals surface area contributed by atoms with Crippen molar-refractivity contribution in [3.8, 4) is 0 Å². The first kappa shape index (κ1) is 16.2. The molecular weight excluding hydrogens is 302 g/mol. The Morgan fingerprint density at radius 3 is 2.37 bits per heavy atom. The number of hydrogen-bond donors (Lipinski definition) is 0. The molecule has 106 valence electrons. The Morgan fingerprint density at radius 2 is 1.79 bits per heavy atom. The zero-order valence-electron chi connectivity index (χ0n) is 12.2. The van der Waals surface area contributed by atoms with Gasteiger partial charge in [0.05, 0.1) is 5.41 Å². The average Bonchev–Trinajstić information content (AvgIpc) is 2.43. The van der Waals surface area contributed by atoms with Gasteiger partial charge >= 0.3 is 0 Å². The van der Waals surface area contributed by atoms with Crippen LogP contribution >= 0.6 is 15.9 Å². The quantitative estimate of drug-likeness (QED) is 0.548. The molecule has 0 bridgehead atoms. The Morgan fingerprint density at radius 1 is 1.16 bits per heavy atom. The molecule has 0 aliphatic heterocycles. The molecule has 1 aromatic carbocycles. The third kappa shape index (κ3) is 4.64. The van der Waals surface area contributed by atoms with E-state index in [1.165, 1.54) is 6.42 Å². The zero-order chi connectivity index (χ0) is 14.3. The lowest BCUT2D eigenvalue weighted by Crippen LogP contribution is -2.41. The van der Waals surface area contributed by atoms with Crippen molar-refractivity contribution in [2.75, 3.05) is 18.9 Å². The summed E-state index contributed by atoms with van der Waals surface area (Å²) in [6, 6.07) is 10.0. The van der Waals surface area contributed by atoms with Crippen molar-refractivity contribution in [1.82, 2.24) is 4.90 Å². The van der Waals surface area contributed by atoms with Crippen molar-refractivity contribution in [3.63, 3.8) is 0 Å². The van der Waals surface area contributed by atoms with Gasteiger partial charge in [0.1, 0.15) is 0 Å². The minimum atomic E-state index is -0.453. The molecule has 3 heteroatoms. The van der Waals surface area contributed by atoms with Crippen LogP contribution in [0.1, 0.15) is 38.7 Å². The van der Waals surface area contributed by atoms with E-state index in [0.29, 0.717) is 0 Å². The summed E-state index contributed by atoms with van der Waals surface area (Å²) in [5.74, 6) is 0.192. The molecule has 0 aromatic heterocycles. The van der Waals surface area contributed by atoms with Gasteiger partial charge in [0.25, 0.3) is 0 Å². The molecule has 0 saturated carbocycles. The van der Waals surface area contributed by atoms with Gasteiger partial charge in [-0.15, -0.1) is 0 Å². The van der Waals surface area contributed by atoms with Gasteiger partial charge in [0, 0.05) is 18.9 Å². The van der Waals surface area contributed by atoms with E-state index in [0.717, 1.165) is 30.3 Å². The standard InChI is InChI=1S/C16H24BrNO/c1-16(2,14-10-6-4-7-11-14)15(19)18(3)13-9-5-8-12-17/h4,6-7,10-11H,5,8-9,12-13H2,1-3H3. The van der Waals surface area contributed by atoms with E-state index < -0.39 is 5.41 Å². The highest BCUT2D eigenvalue weighted by atomic mass is 79.9. The van der Waals surface area contributed by atoms with Crippen molar-refractivity contribution in [3.05, 3.63) is 35.9 Å². The molecule has 0 radical (unpaired) electrons. The summed E-state index contributed by atoms with van der Waals surface area (Å²) in [6.45, 7) is 4.83. The summed E-state index contributed by atoms with van der Waals surface area (Å²) < 4.78 is 0. The molecule has 1 aromatic rings. The topological polar surface area (TPSA) is 20.3 Å². The molecule has 0 atom stereocenters. The molecule has 0 aliphatic carbocycles. The predicted octanol–water partition coefficient (Wildman–Crippen LogP) is 3.99. The number of alkyl halides is 1.